The number of amides is 2. The Labute approximate surface area is 205 Å². The average Bonchev–Trinajstić information content (AvgIpc) is 3.32. The lowest BCUT2D eigenvalue weighted by molar-refractivity contribution is 0.195. The highest BCUT2D eigenvalue weighted by Crippen LogP contribution is 2.28. The van der Waals surface area contributed by atoms with Crippen molar-refractivity contribution in [3.8, 4) is 17.2 Å². The van der Waals surface area contributed by atoms with Crippen molar-refractivity contribution < 1.29 is 19.0 Å². The Morgan fingerprint density at radius 2 is 1.69 bits per heavy atom. The van der Waals surface area contributed by atoms with Gasteiger partial charge in [-0.25, -0.2) is 4.79 Å². The highest BCUT2D eigenvalue weighted by Gasteiger charge is 2.17. The van der Waals surface area contributed by atoms with Gasteiger partial charge in [-0.1, -0.05) is 36.4 Å². The van der Waals surface area contributed by atoms with Crippen molar-refractivity contribution >= 4 is 16.9 Å². The van der Waals surface area contributed by atoms with Crippen LogP contribution in [-0.4, -0.2) is 43.8 Å². The van der Waals surface area contributed by atoms with E-state index in [0.29, 0.717) is 37.6 Å². The Morgan fingerprint density at radius 1 is 0.886 bits per heavy atom. The number of aromatic nitrogens is 1. The maximum atomic E-state index is 13.3. The van der Waals surface area contributed by atoms with Crippen LogP contribution in [0.15, 0.2) is 72.9 Å². The van der Waals surface area contributed by atoms with Gasteiger partial charge in [0.15, 0.2) is 11.5 Å². The largest absolute Gasteiger partial charge is 0.497 e. The van der Waals surface area contributed by atoms with Gasteiger partial charge in [-0.05, 0) is 53.4 Å². The first kappa shape index (κ1) is 24.0. The molecule has 2 N–H and O–H groups in total. The van der Waals surface area contributed by atoms with Crippen molar-refractivity contribution in [3.05, 3.63) is 89.6 Å². The fraction of sp³-hybridized carbons (Fsp3) is 0.250. The number of nitrogens with one attached hydrogen (secondary N) is 2. The van der Waals surface area contributed by atoms with Crippen molar-refractivity contribution in [2.24, 2.45) is 0 Å². The van der Waals surface area contributed by atoms with Gasteiger partial charge < -0.3 is 29.4 Å². The number of benzene rings is 3. The molecule has 1 heterocycles. The average molecular weight is 474 g/mol. The van der Waals surface area contributed by atoms with E-state index < -0.39 is 0 Å². The van der Waals surface area contributed by atoms with Crippen LogP contribution in [0.3, 0.4) is 0 Å². The van der Waals surface area contributed by atoms with Gasteiger partial charge in [0.2, 0.25) is 0 Å². The quantitative estimate of drug-likeness (QED) is 0.334. The van der Waals surface area contributed by atoms with E-state index in [0.717, 1.165) is 33.3 Å². The number of nitrogens with zero attached hydrogens (tertiary/aromatic N) is 1. The zero-order valence-electron chi connectivity index (χ0n) is 20.3. The molecule has 7 nitrogen and oxygen atoms in total. The molecule has 0 bridgehead atoms. The molecular weight excluding hydrogens is 442 g/mol. The third-order valence-corrected chi connectivity index (χ3v) is 6.02. The zero-order valence-corrected chi connectivity index (χ0v) is 20.3. The van der Waals surface area contributed by atoms with Gasteiger partial charge in [0.25, 0.3) is 0 Å². The van der Waals surface area contributed by atoms with E-state index in [1.807, 2.05) is 77.8 Å². The van der Waals surface area contributed by atoms with Crippen LogP contribution in [0.25, 0.3) is 10.9 Å². The van der Waals surface area contributed by atoms with Crippen LogP contribution < -0.4 is 19.5 Å². The Morgan fingerprint density at radius 3 is 2.43 bits per heavy atom. The second-order valence-corrected chi connectivity index (χ2v) is 8.23. The van der Waals surface area contributed by atoms with Crippen LogP contribution in [0.4, 0.5) is 4.79 Å². The fourth-order valence-electron chi connectivity index (χ4n) is 4.08. The van der Waals surface area contributed by atoms with Gasteiger partial charge in [-0.15, -0.1) is 0 Å². The number of carbonyl (C=O) groups is 1. The van der Waals surface area contributed by atoms with Crippen molar-refractivity contribution in [2.75, 3.05) is 27.9 Å². The highest BCUT2D eigenvalue weighted by atomic mass is 16.5. The predicted molar refractivity (Wildman–Crippen MR) is 137 cm³/mol. The number of hydrogen-bond donors (Lipinski definition) is 2. The molecule has 0 unspecified atom stereocenters. The SMILES string of the molecule is COc1ccc2[nH]cc(CCN(Cc3ccc(OC)c(OC)c3)C(=O)NCc3ccccc3)c2c1. The summed E-state index contributed by atoms with van der Waals surface area (Å²) in [6, 6.07) is 21.5. The molecule has 35 heavy (non-hydrogen) atoms. The fourth-order valence-corrected chi connectivity index (χ4v) is 4.08. The maximum Gasteiger partial charge on any atom is 0.317 e. The lowest BCUT2D eigenvalue weighted by Gasteiger charge is -2.24. The highest BCUT2D eigenvalue weighted by molar-refractivity contribution is 5.84. The summed E-state index contributed by atoms with van der Waals surface area (Å²) in [7, 11) is 4.88. The van der Waals surface area contributed by atoms with Crippen LogP contribution in [0.2, 0.25) is 0 Å². The van der Waals surface area contributed by atoms with Crippen LogP contribution in [0, 0.1) is 0 Å². The van der Waals surface area contributed by atoms with Crippen molar-refractivity contribution in [2.45, 2.75) is 19.5 Å². The number of aromatic amines is 1. The topological polar surface area (TPSA) is 75.8 Å². The normalized spacial score (nSPS) is 10.7. The monoisotopic (exact) mass is 473 g/mol. The number of hydrogen-bond acceptors (Lipinski definition) is 4. The van der Waals surface area contributed by atoms with E-state index in [-0.39, 0.29) is 6.03 Å². The minimum atomic E-state index is -0.124. The Bertz CT molecular complexity index is 1270. The predicted octanol–water partition coefficient (Wildman–Crippen LogP) is 5.15. The number of H-pyrrole nitrogens is 1. The second kappa shape index (κ2) is 11.3. The molecule has 4 rings (SSSR count). The van der Waals surface area contributed by atoms with Crippen LogP contribution in [0.5, 0.6) is 17.2 Å². The van der Waals surface area contributed by atoms with Gasteiger partial charge in [0, 0.05) is 36.7 Å². The molecule has 3 aromatic carbocycles. The Hall–Kier alpha value is -4.13. The third-order valence-electron chi connectivity index (χ3n) is 6.02. The molecule has 0 radical (unpaired) electrons. The third kappa shape index (κ3) is 5.87. The van der Waals surface area contributed by atoms with E-state index in [1.54, 1.807) is 21.3 Å². The van der Waals surface area contributed by atoms with Crippen molar-refractivity contribution in [1.82, 2.24) is 15.2 Å². The number of carbonyl (C=O) groups excluding carboxylic acids is 1. The number of methoxy groups -OCH3 is 3. The number of fused-ring (bicyclic) bond motifs is 1. The van der Waals surface area contributed by atoms with E-state index in [2.05, 4.69) is 10.3 Å². The first-order chi connectivity index (χ1) is 17.1. The summed E-state index contributed by atoms with van der Waals surface area (Å²) < 4.78 is 16.2. The smallest absolute Gasteiger partial charge is 0.317 e. The minimum Gasteiger partial charge on any atom is -0.497 e. The van der Waals surface area contributed by atoms with Gasteiger partial charge in [-0.2, -0.15) is 0 Å². The lowest BCUT2D eigenvalue weighted by Crippen LogP contribution is -2.40. The minimum absolute atomic E-state index is 0.124. The Balaban J connectivity index is 1.53. The van der Waals surface area contributed by atoms with Crippen LogP contribution >= 0.6 is 0 Å². The zero-order chi connectivity index (χ0) is 24.6. The van der Waals surface area contributed by atoms with E-state index in [4.69, 9.17) is 14.2 Å². The number of ether oxygens (including phenoxy) is 3. The Kier molecular flexibility index (Phi) is 7.77. The molecule has 7 heteroatoms. The summed E-state index contributed by atoms with van der Waals surface area (Å²) in [6.45, 7) is 1.44. The molecule has 0 spiro atoms. The second-order valence-electron chi connectivity index (χ2n) is 8.23. The van der Waals surface area contributed by atoms with E-state index in [9.17, 15) is 4.79 Å². The summed E-state index contributed by atoms with van der Waals surface area (Å²) in [5, 5.41) is 4.16. The van der Waals surface area contributed by atoms with Crippen molar-refractivity contribution in [1.29, 1.82) is 0 Å². The summed E-state index contributed by atoms with van der Waals surface area (Å²) in [5.41, 5.74) is 4.18. The molecule has 0 saturated carbocycles. The molecule has 182 valence electrons. The molecule has 0 aliphatic heterocycles. The molecule has 1 aromatic heterocycles. The molecule has 0 fully saturated rings. The molecule has 2 amide bonds. The van der Waals surface area contributed by atoms with Gasteiger partial charge in [-0.3, -0.25) is 0 Å². The molecule has 4 aromatic rings. The molecule has 0 aliphatic rings. The molecular formula is C28H31N3O4. The van der Waals surface area contributed by atoms with Gasteiger partial charge in [0.05, 0.1) is 21.3 Å². The summed E-state index contributed by atoms with van der Waals surface area (Å²) in [5.74, 6) is 2.10. The summed E-state index contributed by atoms with van der Waals surface area (Å²) in [4.78, 5) is 18.4. The maximum absolute atomic E-state index is 13.3. The summed E-state index contributed by atoms with van der Waals surface area (Å²) in [6.07, 6.45) is 2.69. The van der Waals surface area contributed by atoms with Crippen LogP contribution in [0.1, 0.15) is 16.7 Å². The van der Waals surface area contributed by atoms with Crippen LogP contribution in [-0.2, 0) is 19.5 Å². The standard InChI is InChI=1S/C28H31N3O4/c1-33-23-10-11-25-24(16-23)22(18-29-25)13-14-31(28(32)30-17-20-7-5-4-6-8-20)19-21-9-12-26(34-2)27(15-21)35-3/h4-12,15-16,18,29H,13-14,17,19H2,1-3H3,(H,30,32). The van der Waals surface area contributed by atoms with Gasteiger partial charge >= 0.3 is 6.03 Å². The molecule has 0 saturated heterocycles. The first-order valence-corrected chi connectivity index (χ1v) is 11.5. The van der Waals surface area contributed by atoms with E-state index >= 15 is 0 Å². The molecule has 0 aliphatic carbocycles. The van der Waals surface area contributed by atoms with Gasteiger partial charge in [0.1, 0.15) is 5.75 Å². The molecule has 0 atom stereocenters. The first-order valence-electron chi connectivity index (χ1n) is 11.5. The lowest BCUT2D eigenvalue weighted by atomic mass is 10.1. The van der Waals surface area contributed by atoms with E-state index in [1.165, 1.54) is 0 Å². The van der Waals surface area contributed by atoms with Crippen molar-refractivity contribution in [3.63, 3.8) is 0 Å². The number of rotatable bonds is 10. The summed E-state index contributed by atoms with van der Waals surface area (Å²) >= 11 is 0. The number of urea groups is 1.